The zero-order valence-corrected chi connectivity index (χ0v) is 6.11. The van der Waals surface area contributed by atoms with Crippen molar-refractivity contribution in [1.82, 2.24) is 9.97 Å². The minimum absolute atomic E-state index is 0.157. The normalized spacial score (nSPS) is 9.64. The topological polar surface area (TPSA) is 81.3 Å². The Kier molecular flexibility index (Phi) is 2.22. The number of methoxy groups -OCH3 is 1. The van der Waals surface area contributed by atoms with E-state index >= 15 is 0 Å². The number of rotatable bonds is 2. The fourth-order valence-electron chi connectivity index (χ4n) is 0.623. The molecule has 0 aliphatic heterocycles. The van der Waals surface area contributed by atoms with Crippen molar-refractivity contribution in [3.8, 4) is 6.01 Å². The first-order valence-electron chi connectivity index (χ1n) is 3.04. The molecule has 0 atom stereocenters. The average Bonchev–Trinajstić information content (AvgIpc) is 2.04. The van der Waals surface area contributed by atoms with Crippen LogP contribution in [0, 0.1) is 0 Å². The first kappa shape index (κ1) is 7.74. The molecule has 1 rings (SSSR count). The predicted octanol–water partition coefficient (Wildman–Crippen LogP) is -0.440. The number of nitrogens with zero attached hydrogens (tertiary/aromatic N) is 2. The Morgan fingerprint density at radius 2 is 2.45 bits per heavy atom. The van der Waals surface area contributed by atoms with Crippen LogP contribution in [0.25, 0.3) is 0 Å². The number of hydrogen-bond acceptors (Lipinski definition) is 5. The predicted molar refractivity (Wildman–Crippen MR) is 38.9 cm³/mol. The molecule has 5 heteroatoms. The number of nitrogen functional groups attached to an aromatic ring is 1. The van der Waals surface area contributed by atoms with Gasteiger partial charge in [0.05, 0.1) is 13.7 Å². The number of ether oxygens (including phenoxy) is 1. The molecule has 1 heterocycles. The highest BCUT2D eigenvalue weighted by Gasteiger charge is 2.01. The van der Waals surface area contributed by atoms with Gasteiger partial charge >= 0.3 is 6.01 Å². The summed E-state index contributed by atoms with van der Waals surface area (Å²) < 4.78 is 4.71. The molecule has 1 aromatic heterocycles. The highest BCUT2D eigenvalue weighted by atomic mass is 16.5. The van der Waals surface area contributed by atoms with Crippen LogP contribution in [0.15, 0.2) is 6.20 Å². The van der Waals surface area contributed by atoms with Crippen molar-refractivity contribution in [3.63, 3.8) is 0 Å². The van der Waals surface area contributed by atoms with E-state index in [2.05, 4.69) is 9.97 Å². The van der Waals surface area contributed by atoms with Gasteiger partial charge in [-0.3, -0.25) is 0 Å². The summed E-state index contributed by atoms with van der Waals surface area (Å²) in [7, 11) is 1.45. The van der Waals surface area contributed by atoms with Gasteiger partial charge < -0.3 is 15.6 Å². The van der Waals surface area contributed by atoms with E-state index in [1.165, 1.54) is 13.3 Å². The molecule has 60 valence electrons. The lowest BCUT2D eigenvalue weighted by Gasteiger charge is -2.01. The summed E-state index contributed by atoms with van der Waals surface area (Å²) in [5, 5.41) is 8.68. The molecule has 0 spiro atoms. The maximum absolute atomic E-state index is 8.68. The molecule has 0 radical (unpaired) electrons. The molecule has 0 aliphatic rings. The van der Waals surface area contributed by atoms with Crippen molar-refractivity contribution in [2.24, 2.45) is 0 Å². The lowest BCUT2D eigenvalue weighted by atomic mass is 10.3. The summed E-state index contributed by atoms with van der Waals surface area (Å²) in [6, 6.07) is 0.208. The molecule has 0 saturated heterocycles. The fraction of sp³-hybridized carbons (Fsp3) is 0.333. The molecule has 0 aromatic carbocycles. The molecular weight excluding hydrogens is 146 g/mol. The minimum Gasteiger partial charge on any atom is -0.467 e. The lowest BCUT2D eigenvalue weighted by Crippen LogP contribution is -2.01. The summed E-state index contributed by atoms with van der Waals surface area (Å²) in [4.78, 5) is 7.50. The van der Waals surface area contributed by atoms with Gasteiger partial charge in [-0.2, -0.15) is 4.98 Å². The second-order valence-corrected chi connectivity index (χ2v) is 1.93. The van der Waals surface area contributed by atoms with E-state index in [0.29, 0.717) is 5.56 Å². The minimum atomic E-state index is -0.157. The van der Waals surface area contributed by atoms with Crippen LogP contribution >= 0.6 is 0 Å². The summed E-state index contributed by atoms with van der Waals surface area (Å²) in [5.41, 5.74) is 5.92. The number of anilines is 1. The summed E-state index contributed by atoms with van der Waals surface area (Å²) in [5.74, 6) is 0.249. The smallest absolute Gasteiger partial charge is 0.318 e. The van der Waals surface area contributed by atoms with Gasteiger partial charge in [0, 0.05) is 11.8 Å². The van der Waals surface area contributed by atoms with Gasteiger partial charge in [0.25, 0.3) is 0 Å². The molecule has 0 amide bonds. The molecule has 0 saturated carbocycles. The standard InChI is InChI=1S/C6H9N3O2/c1-11-6-8-2-4(3-10)5(7)9-6/h2,10H,3H2,1H3,(H2,7,8,9). The van der Waals surface area contributed by atoms with Crippen LogP contribution in [0.2, 0.25) is 0 Å². The molecule has 5 nitrogen and oxygen atoms in total. The molecule has 11 heavy (non-hydrogen) atoms. The van der Waals surface area contributed by atoms with E-state index in [-0.39, 0.29) is 18.4 Å². The van der Waals surface area contributed by atoms with Gasteiger partial charge in [0.2, 0.25) is 0 Å². The van der Waals surface area contributed by atoms with E-state index in [1.54, 1.807) is 0 Å². The Bertz CT molecular complexity index is 252. The van der Waals surface area contributed by atoms with E-state index < -0.39 is 0 Å². The van der Waals surface area contributed by atoms with Crippen LogP contribution in [0.3, 0.4) is 0 Å². The highest BCUT2D eigenvalue weighted by Crippen LogP contribution is 2.10. The largest absolute Gasteiger partial charge is 0.467 e. The highest BCUT2D eigenvalue weighted by molar-refractivity contribution is 5.37. The van der Waals surface area contributed by atoms with Crippen LogP contribution in [0.5, 0.6) is 6.01 Å². The zero-order chi connectivity index (χ0) is 8.27. The van der Waals surface area contributed by atoms with Gasteiger partial charge in [-0.15, -0.1) is 0 Å². The Hall–Kier alpha value is -1.36. The Morgan fingerprint density at radius 1 is 1.73 bits per heavy atom. The monoisotopic (exact) mass is 155 g/mol. The maximum Gasteiger partial charge on any atom is 0.318 e. The van der Waals surface area contributed by atoms with Crippen molar-refractivity contribution in [3.05, 3.63) is 11.8 Å². The molecule has 1 aromatic rings. The SMILES string of the molecule is COc1ncc(CO)c(N)n1. The van der Waals surface area contributed by atoms with E-state index in [1.807, 2.05) is 0 Å². The first-order chi connectivity index (χ1) is 5.27. The van der Waals surface area contributed by atoms with Crippen molar-refractivity contribution < 1.29 is 9.84 Å². The number of hydrogen-bond donors (Lipinski definition) is 2. The molecule has 0 aliphatic carbocycles. The number of aliphatic hydroxyl groups excluding tert-OH is 1. The third-order valence-corrected chi connectivity index (χ3v) is 1.23. The van der Waals surface area contributed by atoms with Gasteiger partial charge in [0.1, 0.15) is 5.82 Å². The Balaban J connectivity index is 2.99. The molecule has 3 N–H and O–H groups in total. The van der Waals surface area contributed by atoms with E-state index in [4.69, 9.17) is 15.6 Å². The van der Waals surface area contributed by atoms with Crippen LogP contribution in [-0.2, 0) is 6.61 Å². The third kappa shape index (κ3) is 1.56. The van der Waals surface area contributed by atoms with Gasteiger partial charge in [-0.05, 0) is 0 Å². The average molecular weight is 155 g/mol. The van der Waals surface area contributed by atoms with Gasteiger partial charge in [-0.1, -0.05) is 0 Å². The van der Waals surface area contributed by atoms with Crippen molar-refractivity contribution >= 4 is 5.82 Å². The fourth-order valence-corrected chi connectivity index (χ4v) is 0.623. The summed E-state index contributed by atoms with van der Waals surface area (Å²) in [6.45, 7) is -0.157. The third-order valence-electron chi connectivity index (χ3n) is 1.23. The Morgan fingerprint density at radius 3 is 2.91 bits per heavy atom. The van der Waals surface area contributed by atoms with Crippen LogP contribution in [-0.4, -0.2) is 22.2 Å². The maximum atomic E-state index is 8.68. The number of nitrogens with two attached hydrogens (primary N) is 1. The summed E-state index contributed by atoms with van der Waals surface area (Å²) >= 11 is 0. The van der Waals surface area contributed by atoms with Gasteiger partial charge in [0.15, 0.2) is 0 Å². The molecular formula is C6H9N3O2. The quantitative estimate of drug-likeness (QED) is 0.605. The van der Waals surface area contributed by atoms with Crippen molar-refractivity contribution in [1.29, 1.82) is 0 Å². The van der Waals surface area contributed by atoms with Crippen molar-refractivity contribution in [2.75, 3.05) is 12.8 Å². The molecule has 0 unspecified atom stereocenters. The van der Waals surface area contributed by atoms with Crippen molar-refractivity contribution in [2.45, 2.75) is 6.61 Å². The second kappa shape index (κ2) is 3.16. The number of aromatic nitrogens is 2. The molecule has 0 bridgehead atoms. The van der Waals surface area contributed by atoms with Crippen LogP contribution in [0.4, 0.5) is 5.82 Å². The molecule has 0 fully saturated rings. The van der Waals surface area contributed by atoms with Crippen LogP contribution < -0.4 is 10.5 Å². The first-order valence-corrected chi connectivity index (χ1v) is 3.04. The van der Waals surface area contributed by atoms with Crippen LogP contribution in [0.1, 0.15) is 5.56 Å². The summed E-state index contributed by atoms with van der Waals surface area (Å²) in [6.07, 6.45) is 1.43. The number of aliphatic hydroxyl groups is 1. The lowest BCUT2D eigenvalue weighted by molar-refractivity contribution is 0.281. The van der Waals surface area contributed by atoms with E-state index in [0.717, 1.165) is 0 Å². The van der Waals surface area contributed by atoms with Gasteiger partial charge in [-0.25, -0.2) is 4.98 Å². The Labute approximate surface area is 63.8 Å². The van der Waals surface area contributed by atoms with E-state index in [9.17, 15) is 0 Å². The second-order valence-electron chi connectivity index (χ2n) is 1.93. The zero-order valence-electron chi connectivity index (χ0n) is 6.11.